The molecular formula is C23H26N4O3S. The Bertz CT molecular complexity index is 1160. The number of H-pyrrole nitrogens is 1. The van der Waals surface area contributed by atoms with Crippen LogP contribution in [0.15, 0.2) is 48.7 Å². The summed E-state index contributed by atoms with van der Waals surface area (Å²) in [5.74, 6) is 0.691. The monoisotopic (exact) mass is 438 g/mol. The lowest BCUT2D eigenvalue weighted by Gasteiger charge is -2.30. The number of benzene rings is 1. The topological polar surface area (TPSA) is 107 Å². The molecule has 4 rings (SSSR count). The third-order valence-corrected chi connectivity index (χ3v) is 7.13. The Balaban J connectivity index is 1.41. The number of aryl methyl sites for hydroxylation is 1. The molecule has 8 heteroatoms. The van der Waals surface area contributed by atoms with E-state index < -0.39 is 10.0 Å². The molecule has 0 bridgehead atoms. The normalized spacial score (nSPS) is 20.5. The van der Waals surface area contributed by atoms with E-state index in [0.717, 1.165) is 36.9 Å². The third-order valence-electron chi connectivity index (χ3n) is 5.86. The molecule has 7 nitrogen and oxygen atoms in total. The minimum atomic E-state index is -3.14. The number of piperidine rings is 1. The molecule has 1 unspecified atom stereocenters. The second-order valence-electron chi connectivity index (χ2n) is 8.18. The number of carbonyl (C=O) groups excluding carboxylic acids is 1. The molecule has 0 saturated carbocycles. The summed E-state index contributed by atoms with van der Waals surface area (Å²) in [5, 5.41) is 8.39. The number of allylic oxidation sites excluding steroid dienone is 4. The first-order chi connectivity index (χ1) is 14.8. The maximum absolute atomic E-state index is 12.6. The maximum Gasteiger partial charge on any atom is 0.211 e. The summed E-state index contributed by atoms with van der Waals surface area (Å²) in [4.78, 5) is 20.3. The minimum absolute atomic E-state index is 0.141. The summed E-state index contributed by atoms with van der Waals surface area (Å²) in [6.45, 7) is 1.17. The number of nitrogens with zero attached hydrogens (tertiary/aromatic N) is 2. The minimum Gasteiger partial charge on any atom is -0.342 e. The molecule has 1 atom stereocenters. The highest BCUT2D eigenvalue weighted by molar-refractivity contribution is 7.88. The van der Waals surface area contributed by atoms with Crippen LogP contribution in [0.2, 0.25) is 0 Å². The predicted octanol–water partition coefficient (Wildman–Crippen LogP) is 3.08. The molecule has 0 radical (unpaired) electrons. The van der Waals surface area contributed by atoms with E-state index in [1.54, 1.807) is 16.6 Å². The molecule has 1 saturated heterocycles. The highest BCUT2D eigenvalue weighted by Gasteiger charge is 2.26. The average molecular weight is 439 g/mol. The number of aromatic amines is 1. The highest BCUT2D eigenvalue weighted by atomic mass is 32.2. The quantitative estimate of drug-likeness (QED) is 0.676. The Morgan fingerprint density at radius 3 is 2.71 bits per heavy atom. The van der Waals surface area contributed by atoms with Crippen LogP contribution >= 0.6 is 0 Å². The smallest absolute Gasteiger partial charge is 0.211 e. The van der Waals surface area contributed by atoms with Crippen molar-refractivity contribution in [2.75, 3.05) is 19.3 Å². The van der Waals surface area contributed by atoms with E-state index in [1.165, 1.54) is 12.3 Å². The van der Waals surface area contributed by atoms with Crippen molar-refractivity contribution in [2.24, 2.45) is 5.92 Å². The second-order valence-corrected chi connectivity index (χ2v) is 10.2. The fraction of sp³-hybridized carbons (Fsp3) is 0.348. The zero-order valence-electron chi connectivity index (χ0n) is 17.5. The summed E-state index contributed by atoms with van der Waals surface area (Å²) in [5.41, 5.74) is 2.95. The van der Waals surface area contributed by atoms with Gasteiger partial charge in [-0.1, -0.05) is 30.3 Å². The lowest BCUT2D eigenvalue weighted by Crippen LogP contribution is -2.39. The lowest BCUT2D eigenvalue weighted by molar-refractivity contribution is -0.109. The largest absolute Gasteiger partial charge is 0.342 e. The zero-order chi connectivity index (χ0) is 22.0. The van der Waals surface area contributed by atoms with Crippen LogP contribution in [0.1, 0.15) is 36.3 Å². The number of nitrogens with one attached hydrogen (secondary N) is 2. The fourth-order valence-corrected chi connectivity index (χ4v) is 5.11. The Kier molecular flexibility index (Phi) is 6.02. The predicted molar refractivity (Wildman–Crippen MR) is 121 cm³/mol. The lowest BCUT2D eigenvalue weighted by atomic mass is 9.91. The first-order valence-corrected chi connectivity index (χ1v) is 12.3. The Morgan fingerprint density at radius 2 is 1.97 bits per heavy atom. The molecule has 1 aromatic carbocycles. The third kappa shape index (κ3) is 4.91. The molecule has 2 aromatic rings. The van der Waals surface area contributed by atoms with Crippen molar-refractivity contribution in [3.63, 3.8) is 0 Å². The molecule has 31 heavy (non-hydrogen) atoms. The van der Waals surface area contributed by atoms with E-state index in [2.05, 4.69) is 9.97 Å². The first kappa shape index (κ1) is 21.4. The molecule has 1 fully saturated rings. The first-order valence-electron chi connectivity index (χ1n) is 10.4. The van der Waals surface area contributed by atoms with Gasteiger partial charge in [0.05, 0.1) is 12.0 Å². The van der Waals surface area contributed by atoms with Gasteiger partial charge in [-0.3, -0.25) is 4.79 Å². The van der Waals surface area contributed by atoms with Crippen molar-refractivity contribution in [3.8, 4) is 0 Å². The Labute approximate surface area is 182 Å². The number of ketones is 1. The van der Waals surface area contributed by atoms with Crippen molar-refractivity contribution in [2.45, 2.75) is 25.7 Å². The molecule has 2 N–H and O–H groups in total. The van der Waals surface area contributed by atoms with Gasteiger partial charge in [-0.15, -0.1) is 0 Å². The van der Waals surface area contributed by atoms with E-state index >= 15 is 0 Å². The van der Waals surface area contributed by atoms with Crippen LogP contribution in [0.4, 0.5) is 0 Å². The van der Waals surface area contributed by atoms with Crippen LogP contribution in [0, 0.1) is 11.3 Å². The van der Waals surface area contributed by atoms with E-state index in [0.29, 0.717) is 36.0 Å². The van der Waals surface area contributed by atoms with Crippen LogP contribution in [0.25, 0.3) is 11.1 Å². The number of hydrogen-bond acceptors (Lipinski definition) is 5. The number of carbonyl (C=O) groups is 1. The van der Waals surface area contributed by atoms with Gasteiger partial charge in [0.25, 0.3) is 0 Å². The molecule has 2 aliphatic rings. The van der Waals surface area contributed by atoms with E-state index in [-0.39, 0.29) is 11.5 Å². The summed E-state index contributed by atoms with van der Waals surface area (Å²) >= 11 is 0. The van der Waals surface area contributed by atoms with E-state index in [9.17, 15) is 13.2 Å². The summed E-state index contributed by atoms with van der Waals surface area (Å²) in [6, 6.07) is 9.34. The molecule has 0 spiro atoms. The SMILES string of the molecule is CS(=O)(=O)N1CCCC(CCc2cnc(C3=CC(=O)C(c4ccccc4)=CC3=N)[nH]2)C1. The van der Waals surface area contributed by atoms with Gasteiger partial charge in [0.1, 0.15) is 5.82 Å². The van der Waals surface area contributed by atoms with Crippen molar-refractivity contribution in [1.82, 2.24) is 14.3 Å². The van der Waals surface area contributed by atoms with Gasteiger partial charge in [0.15, 0.2) is 5.78 Å². The Hall–Kier alpha value is -2.84. The van der Waals surface area contributed by atoms with Crippen LogP contribution in [-0.2, 0) is 21.2 Å². The average Bonchev–Trinajstić information content (AvgIpc) is 3.23. The number of hydrogen-bond donors (Lipinski definition) is 2. The van der Waals surface area contributed by atoms with Gasteiger partial charge < -0.3 is 10.4 Å². The number of aromatic nitrogens is 2. The van der Waals surface area contributed by atoms with Gasteiger partial charge in [0.2, 0.25) is 10.0 Å². The van der Waals surface area contributed by atoms with Gasteiger partial charge in [-0.25, -0.2) is 17.7 Å². The number of rotatable bonds is 6. The van der Waals surface area contributed by atoms with Crippen molar-refractivity contribution in [1.29, 1.82) is 5.41 Å². The van der Waals surface area contributed by atoms with E-state index in [4.69, 9.17) is 5.41 Å². The summed E-state index contributed by atoms with van der Waals surface area (Å²) in [6.07, 6.45) is 9.58. The highest BCUT2D eigenvalue weighted by Crippen LogP contribution is 2.27. The van der Waals surface area contributed by atoms with Crippen LogP contribution in [0.3, 0.4) is 0 Å². The molecule has 162 valence electrons. The van der Waals surface area contributed by atoms with Crippen LogP contribution < -0.4 is 0 Å². The Morgan fingerprint density at radius 1 is 1.19 bits per heavy atom. The molecule has 1 aliphatic heterocycles. The standard InChI is InChI=1S/C23H26N4O3S/c1-31(29,30)27-11-5-6-16(15-27)9-10-18-14-25-23(26-18)20-13-22(28)19(12-21(20)24)17-7-3-2-4-8-17/h2-4,7-8,12-14,16,24H,5-6,9-11,15H2,1H3,(H,25,26). The molecule has 2 heterocycles. The van der Waals surface area contributed by atoms with Gasteiger partial charge in [-0.05, 0) is 49.3 Å². The summed E-state index contributed by atoms with van der Waals surface area (Å²) < 4.78 is 25.2. The van der Waals surface area contributed by atoms with Crippen molar-refractivity contribution < 1.29 is 13.2 Å². The second kappa shape index (κ2) is 8.72. The van der Waals surface area contributed by atoms with Crippen molar-refractivity contribution in [3.05, 3.63) is 65.8 Å². The fourth-order valence-electron chi connectivity index (χ4n) is 4.17. The molecule has 1 aromatic heterocycles. The van der Waals surface area contributed by atoms with Gasteiger partial charge in [-0.2, -0.15) is 0 Å². The molecular weight excluding hydrogens is 412 g/mol. The zero-order valence-corrected chi connectivity index (χ0v) is 18.3. The van der Waals surface area contributed by atoms with Gasteiger partial charge in [0, 0.05) is 36.1 Å². The van der Waals surface area contributed by atoms with E-state index in [1.807, 2.05) is 30.3 Å². The number of sulfonamides is 1. The van der Waals surface area contributed by atoms with Crippen LogP contribution in [0.5, 0.6) is 0 Å². The molecule has 1 aliphatic carbocycles. The number of imidazole rings is 1. The molecule has 0 amide bonds. The maximum atomic E-state index is 12.6. The summed E-state index contributed by atoms with van der Waals surface area (Å²) in [7, 11) is -3.14. The van der Waals surface area contributed by atoms with Crippen LogP contribution in [-0.4, -0.2) is 53.5 Å². The van der Waals surface area contributed by atoms with Gasteiger partial charge >= 0.3 is 0 Å². The van der Waals surface area contributed by atoms with Crippen molar-refractivity contribution >= 4 is 32.7 Å².